The monoisotopic (exact) mass is 429 g/mol. The van der Waals surface area contributed by atoms with Crippen LogP contribution in [0.4, 0.5) is 4.39 Å². The largest absolute Gasteiger partial charge is 0.457 e. The van der Waals surface area contributed by atoms with Crippen molar-refractivity contribution < 1.29 is 9.13 Å². The quantitative estimate of drug-likeness (QED) is 0.414. The van der Waals surface area contributed by atoms with Crippen molar-refractivity contribution in [1.29, 1.82) is 0 Å². The molecule has 124 valence electrons. The average molecular weight is 429 g/mol. The van der Waals surface area contributed by atoms with Gasteiger partial charge in [-0.15, -0.1) is 24.0 Å². The molecule has 0 bridgehead atoms. The molecule has 6 heteroatoms. The zero-order valence-corrected chi connectivity index (χ0v) is 15.3. The Morgan fingerprint density at radius 3 is 2.22 bits per heavy atom. The van der Waals surface area contributed by atoms with Gasteiger partial charge in [0.2, 0.25) is 0 Å². The van der Waals surface area contributed by atoms with Crippen LogP contribution in [0, 0.1) is 5.82 Å². The number of nitrogens with zero attached hydrogens (tertiary/aromatic N) is 1. The lowest BCUT2D eigenvalue weighted by Gasteiger charge is -2.07. The molecule has 2 rings (SSSR count). The van der Waals surface area contributed by atoms with Gasteiger partial charge in [-0.3, -0.25) is 0 Å². The van der Waals surface area contributed by atoms with Crippen molar-refractivity contribution in [2.24, 2.45) is 10.7 Å². The van der Waals surface area contributed by atoms with E-state index in [0.29, 0.717) is 24.0 Å². The van der Waals surface area contributed by atoms with Gasteiger partial charge in [0.25, 0.3) is 0 Å². The second kappa shape index (κ2) is 10.0. The number of nitrogens with one attached hydrogen (secondary N) is 1. The number of hydrogen-bond acceptors (Lipinski definition) is 2. The van der Waals surface area contributed by atoms with Gasteiger partial charge in [0.1, 0.15) is 17.3 Å². The summed E-state index contributed by atoms with van der Waals surface area (Å²) in [7, 11) is 0. The summed E-state index contributed by atoms with van der Waals surface area (Å²) < 4.78 is 18.5. The summed E-state index contributed by atoms with van der Waals surface area (Å²) in [5, 5.41) is 3.02. The first-order chi connectivity index (χ1) is 10.7. The van der Waals surface area contributed by atoms with Crippen LogP contribution in [-0.4, -0.2) is 12.5 Å². The summed E-state index contributed by atoms with van der Waals surface area (Å²) in [6, 6.07) is 13.5. The molecule has 0 saturated carbocycles. The van der Waals surface area contributed by atoms with Crippen molar-refractivity contribution in [2.75, 3.05) is 6.54 Å². The van der Waals surface area contributed by atoms with Crippen molar-refractivity contribution >= 4 is 29.9 Å². The first kappa shape index (κ1) is 19.2. The van der Waals surface area contributed by atoms with Crippen LogP contribution in [-0.2, 0) is 6.54 Å². The summed E-state index contributed by atoms with van der Waals surface area (Å²) in [5.41, 5.74) is 6.77. The van der Waals surface area contributed by atoms with Gasteiger partial charge in [-0.25, -0.2) is 9.38 Å². The standard InChI is InChI=1S/C17H20FN3O.HI/c1-2-11-20-17(19)21-12-13-3-7-15(8-4-13)22-16-9-5-14(18)6-10-16;/h3-10H,2,11-12H2,1H3,(H3,19,20,21);1H. The van der Waals surface area contributed by atoms with E-state index >= 15 is 0 Å². The summed E-state index contributed by atoms with van der Waals surface area (Å²) in [5.74, 6) is 1.46. The molecule has 0 amide bonds. The summed E-state index contributed by atoms with van der Waals surface area (Å²) >= 11 is 0. The minimum absolute atomic E-state index is 0. The second-order valence-corrected chi connectivity index (χ2v) is 4.83. The molecule has 4 nitrogen and oxygen atoms in total. The molecule has 0 atom stereocenters. The topological polar surface area (TPSA) is 59.6 Å². The van der Waals surface area contributed by atoms with E-state index in [4.69, 9.17) is 10.5 Å². The van der Waals surface area contributed by atoms with E-state index in [1.54, 1.807) is 12.1 Å². The first-order valence-corrected chi connectivity index (χ1v) is 7.23. The van der Waals surface area contributed by atoms with Gasteiger partial charge in [0.05, 0.1) is 6.54 Å². The number of guanidine groups is 1. The van der Waals surface area contributed by atoms with E-state index in [2.05, 4.69) is 17.2 Å². The molecule has 0 fully saturated rings. The van der Waals surface area contributed by atoms with Crippen LogP contribution in [0.25, 0.3) is 0 Å². The molecule has 3 N–H and O–H groups in total. The maximum Gasteiger partial charge on any atom is 0.188 e. The van der Waals surface area contributed by atoms with E-state index in [-0.39, 0.29) is 29.8 Å². The van der Waals surface area contributed by atoms with Gasteiger partial charge in [-0.2, -0.15) is 0 Å². The number of nitrogens with two attached hydrogens (primary N) is 1. The number of halogens is 2. The summed E-state index contributed by atoms with van der Waals surface area (Å²) in [6.45, 7) is 3.40. The molecule has 0 aromatic heterocycles. The van der Waals surface area contributed by atoms with Crippen molar-refractivity contribution in [3.05, 3.63) is 59.9 Å². The minimum Gasteiger partial charge on any atom is -0.457 e. The lowest BCUT2D eigenvalue weighted by Crippen LogP contribution is -2.32. The third-order valence-corrected chi connectivity index (χ3v) is 2.96. The summed E-state index contributed by atoms with van der Waals surface area (Å²) in [4.78, 5) is 4.26. The Morgan fingerprint density at radius 1 is 1.09 bits per heavy atom. The van der Waals surface area contributed by atoms with E-state index in [1.807, 2.05) is 24.3 Å². The number of hydrogen-bond donors (Lipinski definition) is 2. The summed E-state index contributed by atoms with van der Waals surface area (Å²) in [6.07, 6.45) is 1.01. The highest BCUT2D eigenvalue weighted by Gasteiger charge is 1.99. The Bertz CT molecular complexity index is 615. The lowest BCUT2D eigenvalue weighted by atomic mass is 10.2. The van der Waals surface area contributed by atoms with Crippen molar-refractivity contribution in [3.8, 4) is 11.5 Å². The fourth-order valence-electron chi connectivity index (χ4n) is 1.79. The maximum absolute atomic E-state index is 12.8. The van der Waals surface area contributed by atoms with Gasteiger partial charge in [-0.1, -0.05) is 19.1 Å². The zero-order valence-electron chi connectivity index (χ0n) is 13.0. The number of rotatable bonds is 6. The molecular weight excluding hydrogens is 408 g/mol. The lowest BCUT2D eigenvalue weighted by molar-refractivity contribution is 0.480. The second-order valence-electron chi connectivity index (χ2n) is 4.83. The molecule has 0 heterocycles. The smallest absolute Gasteiger partial charge is 0.188 e. The molecule has 0 unspecified atom stereocenters. The van der Waals surface area contributed by atoms with Crippen LogP contribution in [0.2, 0.25) is 0 Å². The molecule has 0 aliphatic carbocycles. The molecule has 2 aromatic carbocycles. The SMILES string of the molecule is CCCNC(N)=NCc1ccc(Oc2ccc(F)cc2)cc1.I. The molecule has 0 radical (unpaired) electrons. The predicted molar refractivity (Wildman–Crippen MR) is 102 cm³/mol. The molecule has 0 aliphatic heterocycles. The fraction of sp³-hybridized carbons (Fsp3) is 0.235. The van der Waals surface area contributed by atoms with Gasteiger partial charge in [0.15, 0.2) is 5.96 Å². The van der Waals surface area contributed by atoms with Crippen molar-refractivity contribution in [3.63, 3.8) is 0 Å². The Hall–Kier alpha value is -1.83. The van der Waals surface area contributed by atoms with Crippen LogP contribution in [0.1, 0.15) is 18.9 Å². The Kier molecular flexibility index (Phi) is 8.39. The van der Waals surface area contributed by atoms with Crippen LogP contribution >= 0.6 is 24.0 Å². The van der Waals surface area contributed by atoms with Crippen molar-refractivity contribution in [1.82, 2.24) is 5.32 Å². The Morgan fingerprint density at radius 2 is 1.65 bits per heavy atom. The van der Waals surface area contributed by atoms with E-state index in [9.17, 15) is 4.39 Å². The molecule has 0 aliphatic rings. The number of benzene rings is 2. The molecule has 2 aromatic rings. The van der Waals surface area contributed by atoms with Gasteiger partial charge in [0, 0.05) is 6.54 Å². The Labute approximate surface area is 153 Å². The number of aliphatic imine (C=N–C) groups is 1. The number of ether oxygens (including phenoxy) is 1. The normalized spacial score (nSPS) is 10.8. The third kappa shape index (κ3) is 6.85. The van der Waals surface area contributed by atoms with Crippen LogP contribution < -0.4 is 15.8 Å². The Balaban J connectivity index is 0.00000264. The highest BCUT2D eigenvalue weighted by Crippen LogP contribution is 2.21. The highest BCUT2D eigenvalue weighted by molar-refractivity contribution is 14.0. The van der Waals surface area contributed by atoms with Crippen LogP contribution in [0.15, 0.2) is 53.5 Å². The van der Waals surface area contributed by atoms with Crippen LogP contribution in [0.3, 0.4) is 0 Å². The van der Waals surface area contributed by atoms with Crippen LogP contribution in [0.5, 0.6) is 11.5 Å². The van der Waals surface area contributed by atoms with Gasteiger partial charge in [-0.05, 0) is 48.4 Å². The first-order valence-electron chi connectivity index (χ1n) is 7.23. The van der Waals surface area contributed by atoms with Gasteiger partial charge < -0.3 is 15.8 Å². The molecule has 0 spiro atoms. The molecule has 0 saturated heterocycles. The predicted octanol–water partition coefficient (Wildman–Crippen LogP) is 4.05. The van der Waals surface area contributed by atoms with Gasteiger partial charge >= 0.3 is 0 Å². The zero-order chi connectivity index (χ0) is 15.8. The molecule has 23 heavy (non-hydrogen) atoms. The van der Waals surface area contributed by atoms with E-state index < -0.39 is 0 Å². The minimum atomic E-state index is -0.283. The van der Waals surface area contributed by atoms with Crippen molar-refractivity contribution in [2.45, 2.75) is 19.9 Å². The molecular formula is C17H21FIN3O. The maximum atomic E-state index is 12.8. The van der Waals surface area contributed by atoms with E-state index in [1.165, 1.54) is 12.1 Å². The highest BCUT2D eigenvalue weighted by atomic mass is 127. The third-order valence-electron chi connectivity index (χ3n) is 2.96. The van der Waals surface area contributed by atoms with E-state index in [0.717, 1.165) is 18.5 Å². The average Bonchev–Trinajstić information content (AvgIpc) is 2.54. The fourth-order valence-corrected chi connectivity index (χ4v) is 1.79.